The van der Waals surface area contributed by atoms with Gasteiger partial charge < -0.3 is 19.7 Å². The number of amides is 1. The van der Waals surface area contributed by atoms with E-state index in [0.717, 1.165) is 12.0 Å². The number of ether oxygens (including phenoxy) is 1. The minimum Gasteiger partial charge on any atom is -0.546 e. The molecule has 150 valence electrons. The van der Waals surface area contributed by atoms with Crippen molar-refractivity contribution in [1.29, 1.82) is 0 Å². The van der Waals surface area contributed by atoms with Crippen molar-refractivity contribution in [2.24, 2.45) is 0 Å². The summed E-state index contributed by atoms with van der Waals surface area (Å²) in [6, 6.07) is 12.9. The fraction of sp³-hybridized carbons (Fsp3) is 0.227. The van der Waals surface area contributed by atoms with Crippen LogP contribution in [0.1, 0.15) is 31.0 Å². The van der Waals surface area contributed by atoms with Gasteiger partial charge in [-0.1, -0.05) is 31.2 Å². The summed E-state index contributed by atoms with van der Waals surface area (Å²) in [4.78, 5) is 36.8. The van der Waals surface area contributed by atoms with Crippen LogP contribution in [0, 0.1) is 0 Å². The van der Waals surface area contributed by atoms with Crippen LogP contribution in [0.5, 0.6) is 5.75 Å². The lowest BCUT2D eigenvalue weighted by Gasteiger charge is -2.27. The van der Waals surface area contributed by atoms with E-state index in [1.165, 1.54) is 24.0 Å². The van der Waals surface area contributed by atoms with Gasteiger partial charge in [-0.25, -0.2) is 0 Å². The van der Waals surface area contributed by atoms with Crippen molar-refractivity contribution in [3.05, 3.63) is 71.0 Å². The molecular formula is C22H20NO6-. The number of aliphatic hydroxyl groups excluding tert-OH is 1. The molecule has 7 heteroatoms. The van der Waals surface area contributed by atoms with Gasteiger partial charge in [-0.2, -0.15) is 0 Å². The molecule has 1 aliphatic rings. The largest absolute Gasteiger partial charge is 0.546 e. The van der Waals surface area contributed by atoms with Crippen molar-refractivity contribution in [2.75, 3.05) is 11.5 Å². The Labute approximate surface area is 167 Å². The number of carbonyl (C=O) groups is 3. The number of aliphatic carboxylic acids is 1. The molecule has 0 bridgehead atoms. The normalized spacial score (nSPS) is 16.3. The van der Waals surface area contributed by atoms with Crippen molar-refractivity contribution in [1.82, 2.24) is 0 Å². The molecule has 0 radical (unpaired) electrons. The number of carboxylic acids is 1. The number of hydrogen-bond acceptors (Lipinski definition) is 6. The maximum Gasteiger partial charge on any atom is 0.294 e. The third kappa shape index (κ3) is 3.99. The van der Waals surface area contributed by atoms with E-state index < -0.39 is 36.1 Å². The maximum absolute atomic E-state index is 12.8. The molecule has 0 fully saturated rings. The molecule has 29 heavy (non-hydrogen) atoms. The zero-order valence-electron chi connectivity index (χ0n) is 16.0. The molecule has 2 aromatic carbocycles. The highest BCUT2D eigenvalue weighted by Crippen LogP contribution is 2.41. The molecule has 2 aromatic rings. The van der Waals surface area contributed by atoms with E-state index in [1.807, 2.05) is 31.2 Å². The second-order valence-corrected chi connectivity index (χ2v) is 6.65. The van der Waals surface area contributed by atoms with Crippen LogP contribution in [0.2, 0.25) is 0 Å². The zero-order chi connectivity index (χ0) is 21.1. The first-order chi connectivity index (χ1) is 13.8. The lowest BCUT2D eigenvalue weighted by molar-refractivity contribution is -0.307. The smallest absolute Gasteiger partial charge is 0.294 e. The number of aryl methyl sites for hydroxylation is 1. The summed E-state index contributed by atoms with van der Waals surface area (Å²) in [5, 5.41) is 20.9. The number of carboxylic acid groups (broad SMARTS) is 1. The second-order valence-electron chi connectivity index (χ2n) is 6.65. The maximum atomic E-state index is 12.8. The van der Waals surface area contributed by atoms with Gasteiger partial charge in [0.25, 0.3) is 5.91 Å². The average Bonchev–Trinajstić information content (AvgIpc) is 2.98. The highest BCUT2D eigenvalue weighted by Gasteiger charge is 2.43. The fourth-order valence-corrected chi connectivity index (χ4v) is 3.33. The summed E-state index contributed by atoms with van der Waals surface area (Å²) in [6.45, 7) is 2.75. The van der Waals surface area contributed by atoms with E-state index in [-0.39, 0.29) is 11.3 Å². The minimum absolute atomic E-state index is 0.0385. The Balaban J connectivity index is 2.00. The molecule has 0 saturated heterocycles. The number of anilines is 1. The molecular weight excluding hydrogens is 374 g/mol. The molecule has 7 nitrogen and oxygen atoms in total. The number of Topliss-reactive ketones (excluding diaryl/α,β-unsaturated/α-hetero) is 1. The van der Waals surface area contributed by atoms with E-state index in [0.29, 0.717) is 11.3 Å². The lowest BCUT2D eigenvalue weighted by atomic mass is 9.95. The van der Waals surface area contributed by atoms with Gasteiger partial charge in [0.15, 0.2) is 11.5 Å². The van der Waals surface area contributed by atoms with Gasteiger partial charge in [0, 0.05) is 5.69 Å². The number of aliphatic hydroxyl groups is 1. The Morgan fingerprint density at radius 3 is 2.24 bits per heavy atom. The molecule has 3 rings (SSSR count). The van der Waals surface area contributed by atoms with Gasteiger partial charge in [0.05, 0.1) is 17.6 Å². The summed E-state index contributed by atoms with van der Waals surface area (Å²) < 4.78 is 5.05. The Morgan fingerprint density at radius 2 is 1.72 bits per heavy atom. The topological polar surface area (TPSA) is 107 Å². The summed E-state index contributed by atoms with van der Waals surface area (Å²) in [5.74, 6) is -2.70. The first-order valence-corrected chi connectivity index (χ1v) is 9.12. The van der Waals surface area contributed by atoms with E-state index in [1.54, 1.807) is 12.1 Å². The molecule has 0 saturated carbocycles. The standard InChI is InChI=1S/C22H21NO6/c1-3-14-4-6-15(7-5-14)20-19(13(2)24)21(27)22(28)23(20)16-8-10-17(11-9-16)29-12-18(25)26/h4-11,20,27H,3,12H2,1-2H3,(H,25,26)/p-1/t20-/m0/s1. The van der Waals surface area contributed by atoms with Gasteiger partial charge in [0.1, 0.15) is 12.4 Å². The van der Waals surface area contributed by atoms with Gasteiger partial charge in [-0.05, 0) is 48.7 Å². The molecule has 1 aliphatic heterocycles. The van der Waals surface area contributed by atoms with Crippen LogP contribution in [0.4, 0.5) is 5.69 Å². The summed E-state index contributed by atoms with van der Waals surface area (Å²) in [6.07, 6.45) is 0.849. The first kappa shape index (κ1) is 20.1. The molecule has 0 spiro atoms. The third-order valence-electron chi connectivity index (χ3n) is 4.76. The fourth-order valence-electron chi connectivity index (χ4n) is 3.33. The van der Waals surface area contributed by atoms with E-state index in [2.05, 4.69) is 0 Å². The third-order valence-corrected chi connectivity index (χ3v) is 4.76. The average molecular weight is 394 g/mol. The Kier molecular flexibility index (Phi) is 5.68. The predicted octanol–water partition coefficient (Wildman–Crippen LogP) is 1.87. The Bertz CT molecular complexity index is 975. The van der Waals surface area contributed by atoms with E-state index in [9.17, 15) is 24.6 Å². The number of carbonyl (C=O) groups excluding carboxylic acids is 3. The first-order valence-electron chi connectivity index (χ1n) is 9.12. The SMILES string of the molecule is CCc1ccc([C@H]2C(C(C)=O)=C(O)C(=O)N2c2ccc(OCC(=O)[O-])cc2)cc1. The van der Waals surface area contributed by atoms with Gasteiger partial charge >= 0.3 is 0 Å². The van der Waals surface area contributed by atoms with Crippen molar-refractivity contribution in [2.45, 2.75) is 26.3 Å². The number of benzene rings is 2. The van der Waals surface area contributed by atoms with Gasteiger partial charge in [-0.15, -0.1) is 0 Å². The van der Waals surface area contributed by atoms with E-state index >= 15 is 0 Å². The van der Waals surface area contributed by atoms with E-state index in [4.69, 9.17) is 4.74 Å². The molecule has 0 unspecified atom stereocenters. The molecule has 1 heterocycles. The van der Waals surface area contributed by atoms with Crippen LogP contribution in [-0.4, -0.2) is 29.4 Å². The van der Waals surface area contributed by atoms with Crippen molar-refractivity contribution >= 4 is 23.3 Å². The Morgan fingerprint density at radius 1 is 1.10 bits per heavy atom. The monoisotopic (exact) mass is 394 g/mol. The van der Waals surface area contributed by atoms with Crippen molar-refractivity contribution in [3.8, 4) is 5.75 Å². The van der Waals surface area contributed by atoms with Gasteiger partial charge in [-0.3, -0.25) is 14.5 Å². The van der Waals surface area contributed by atoms with Crippen LogP contribution in [0.25, 0.3) is 0 Å². The van der Waals surface area contributed by atoms with Gasteiger partial charge in [0.2, 0.25) is 0 Å². The minimum atomic E-state index is -1.35. The summed E-state index contributed by atoms with van der Waals surface area (Å²) in [7, 11) is 0. The highest BCUT2D eigenvalue weighted by atomic mass is 16.5. The number of ketones is 1. The zero-order valence-corrected chi connectivity index (χ0v) is 16.0. The summed E-state index contributed by atoms with van der Waals surface area (Å²) >= 11 is 0. The molecule has 0 aliphatic carbocycles. The lowest BCUT2D eigenvalue weighted by Crippen LogP contribution is -2.31. The summed E-state index contributed by atoms with van der Waals surface area (Å²) in [5.41, 5.74) is 2.28. The van der Waals surface area contributed by atoms with Crippen LogP contribution in [0.15, 0.2) is 59.9 Å². The highest BCUT2D eigenvalue weighted by molar-refractivity contribution is 6.16. The van der Waals surface area contributed by atoms with Crippen molar-refractivity contribution in [3.63, 3.8) is 0 Å². The van der Waals surface area contributed by atoms with Crippen LogP contribution >= 0.6 is 0 Å². The second kappa shape index (κ2) is 8.18. The van der Waals surface area contributed by atoms with Crippen molar-refractivity contribution < 1.29 is 29.3 Å². The molecule has 1 N–H and O–H groups in total. The number of nitrogens with zero attached hydrogens (tertiary/aromatic N) is 1. The van der Waals surface area contributed by atoms with Crippen LogP contribution < -0.4 is 14.7 Å². The molecule has 1 amide bonds. The molecule has 1 atom stereocenters. The number of rotatable bonds is 7. The van der Waals surface area contributed by atoms with Crippen LogP contribution in [-0.2, 0) is 20.8 Å². The predicted molar refractivity (Wildman–Crippen MR) is 103 cm³/mol. The Hall–Kier alpha value is -3.61. The molecule has 0 aromatic heterocycles. The number of hydrogen-bond donors (Lipinski definition) is 1. The van der Waals surface area contributed by atoms with Crippen LogP contribution in [0.3, 0.4) is 0 Å². The quantitative estimate of drug-likeness (QED) is 0.768.